The molecule has 0 spiro atoms. The highest BCUT2D eigenvalue weighted by molar-refractivity contribution is 5.84. The first-order valence-corrected chi connectivity index (χ1v) is 4.22. The smallest absolute Gasteiger partial charge is 0.211 e. The minimum Gasteiger partial charge on any atom is -0.327 e. The maximum atomic E-state index is 10.2. The number of aromatic nitrogens is 3. The predicted molar refractivity (Wildman–Crippen MR) is 52.9 cm³/mol. The molecule has 0 radical (unpaired) electrons. The molecule has 2 heterocycles. The Hall–Kier alpha value is -1.91. The molecule has 2 aromatic rings. The van der Waals surface area contributed by atoms with Crippen LogP contribution in [-0.2, 0) is 11.8 Å². The van der Waals surface area contributed by atoms with Crippen LogP contribution in [0.3, 0.4) is 0 Å². The molecule has 0 saturated heterocycles. The van der Waals surface area contributed by atoms with Crippen molar-refractivity contribution in [2.75, 3.05) is 5.32 Å². The number of hydrogen-bond acceptors (Lipinski definition) is 3. The highest BCUT2D eigenvalue weighted by Gasteiger charge is 2.06. The average Bonchev–Trinajstić information content (AvgIpc) is 2.43. The number of pyridine rings is 1. The molecule has 5 heteroatoms. The van der Waals surface area contributed by atoms with Crippen molar-refractivity contribution in [1.29, 1.82) is 0 Å². The highest BCUT2D eigenvalue weighted by atomic mass is 16.1. The molecule has 0 aliphatic heterocycles. The molecule has 0 atom stereocenters. The molecule has 0 aromatic carbocycles. The standard InChI is InChI=1S/C9H10N4O/c1-6-8-3-7(11-5-14)4-10-9(8)13(2)12-6/h3-5H,1-2H3,(H,11,14). The summed E-state index contributed by atoms with van der Waals surface area (Å²) >= 11 is 0. The molecular weight excluding hydrogens is 180 g/mol. The van der Waals surface area contributed by atoms with Crippen LogP contribution in [0.25, 0.3) is 11.0 Å². The Morgan fingerprint density at radius 1 is 1.57 bits per heavy atom. The van der Waals surface area contributed by atoms with Crippen LogP contribution in [0.15, 0.2) is 12.3 Å². The molecule has 14 heavy (non-hydrogen) atoms. The average molecular weight is 190 g/mol. The van der Waals surface area contributed by atoms with E-state index in [0.29, 0.717) is 12.1 Å². The van der Waals surface area contributed by atoms with Crippen LogP contribution < -0.4 is 5.32 Å². The summed E-state index contributed by atoms with van der Waals surface area (Å²) in [7, 11) is 1.84. The van der Waals surface area contributed by atoms with Gasteiger partial charge in [0.2, 0.25) is 6.41 Å². The molecule has 5 nitrogen and oxygen atoms in total. The van der Waals surface area contributed by atoms with Crippen molar-refractivity contribution in [3.05, 3.63) is 18.0 Å². The van der Waals surface area contributed by atoms with Gasteiger partial charge >= 0.3 is 0 Å². The third-order valence-electron chi connectivity index (χ3n) is 2.09. The van der Waals surface area contributed by atoms with Crippen molar-refractivity contribution in [2.24, 2.45) is 7.05 Å². The SMILES string of the molecule is Cc1nn(C)c2ncc(NC=O)cc12. The van der Waals surface area contributed by atoms with Gasteiger partial charge in [0.25, 0.3) is 0 Å². The molecule has 0 aliphatic carbocycles. The van der Waals surface area contributed by atoms with Gasteiger partial charge in [-0.05, 0) is 13.0 Å². The largest absolute Gasteiger partial charge is 0.327 e. The molecule has 0 unspecified atom stereocenters. The van der Waals surface area contributed by atoms with E-state index in [-0.39, 0.29) is 0 Å². The van der Waals surface area contributed by atoms with Crippen LogP contribution in [-0.4, -0.2) is 21.2 Å². The van der Waals surface area contributed by atoms with Gasteiger partial charge in [-0.15, -0.1) is 0 Å². The molecule has 1 amide bonds. The second kappa shape index (κ2) is 3.10. The van der Waals surface area contributed by atoms with Gasteiger partial charge < -0.3 is 5.32 Å². The molecular formula is C9H10N4O. The lowest BCUT2D eigenvalue weighted by atomic mass is 10.2. The molecule has 72 valence electrons. The first-order chi connectivity index (χ1) is 6.72. The number of carbonyl (C=O) groups is 1. The van der Waals surface area contributed by atoms with Crippen molar-refractivity contribution in [3.8, 4) is 0 Å². The summed E-state index contributed by atoms with van der Waals surface area (Å²) in [6.45, 7) is 1.91. The van der Waals surface area contributed by atoms with Crippen LogP contribution in [0.1, 0.15) is 5.69 Å². The van der Waals surface area contributed by atoms with Crippen LogP contribution in [0, 0.1) is 6.92 Å². The van der Waals surface area contributed by atoms with Crippen molar-refractivity contribution in [1.82, 2.24) is 14.8 Å². The van der Waals surface area contributed by atoms with E-state index in [1.165, 1.54) is 0 Å². The van der Waals surface area contributed by atoms with Crippen LogP contribution >= 0.6 is 0 Å². The lowest BCUT2D eigenvalue weighted by molar-refractivity contribution is -0.105. The van der Waals surface area contributed by atoms with Crippen molar-refractivity contribution < 1.29 is 4.79 Å². The summed E-state index contributed by atoms with van der Waals surface area (Å²) < 4.78 is 1.72. The Bertz CT molecular complexity index is 489. The second-order valence-corrected chi connectivity index (χ2v) is 3.07. The zero-order chi connectivity index (χ0) is 10.1. The number of fused-ring (bicyclic) bond motifs is 1. The number of rotatable bonds is 2. The summed E-state index contributed by atoms with van der Waals surface area (Å²) in [5, 5.41) is 7.74. The fraction of sp³-hybridized carbons (Fsp3) is 0.222. The fourth-order valence-electron chi connectivity index (χ4n) is 1.45. The van der Waals surface area contributed by atoms with Gasteiger partial charge in [0, 0.05) is 12.4 Å². The summed E-state index contributed by atoms with van der Waals surface area (Å²) in [6, 6.07) is 1.86. The minimum atomic E-state index is 0.633. The highest BCUT2D eigenvalue weighted by Crippen LogP contribution is 2.18. The Morgan fingerprint density at radius 2 is 2.36 bits per heavy atom. The summed E-state index contributed by atoms with van der Waals surface area (Å²) in [6.07, 6.45) is 2.24. The normalized spacial score (nSPS) is 10.4. The van der Waals surface area contributed by atoms with Crippen LogP contribution in [0.5, 0.6) is 0 Å². The van der Waals surface area contributed by atoms with E-state index < -0.39 is 0 Å². The molecule has 2 aromatic heterocycles. The minimum absolute atomic E-state index is 0.633. The van der Waals surface area contributed by atoms with E-state index in [2.05, 4.69) is 15.4 Å². The summed E-state index contributed by atoms with van der Waals surface area (Å²) in [5.41, 5.74) is 2.41. The van der Waals surface area contributed by atoms with Gasteiger partial charge in [0.1, 0.15) is 0 Å². The summed E-state index contributed by atoms with van der Waals surface area (Å²) in [5.74, 6) is 0. The maximum absolute atomic E-state index is 10.2. The Labute approximate surface area is 80.7 Å². The van der Waals surface area contributed by atoms with Gasteiger partial charge in [-0.2, -0.15) is 5.10 Å². The fourth-order valence-corrected chi connectivity index (χ4v) is 1.45. The van der Waals surface area contributed by atoms with Crippen LogP contribution in [0.4, 0.5) is 5.69 Å². The number of nitrogens with one attached hydrogen (secondary N) is 1. The van der Waals surface area contributed by atoms with E-state index in [1.54, 1.807) is 10.9 Å². The van der Waals surface area contributed by atoms with Gasteiger partial charge in [0.05, 0.1) is 17.6 Å². The molecule has 0 fully saturated rings. The van der Waals surface area contributed by atoms with E-state index in [1.807, 2.05) is 20.0 Å². The van der Waals surface area contributed by atoms with Crippen molar-refractivity contribution >= 4 is 23.1 Å². The van der Waals surface area contributed by atoms with Crippen molar-refractivity contribution in [3.63, 3.8) is 0 Å². The lowest BCUT2D eigenvalue weighted by Gasteiger charge is -1.97. The Balaban J connectivity index is 2.64. The van der Waals surface area contributed by atoms with Gasteiger partial charge in [-0.3, -0.25) is 9.48 Å². The zero-order valence-electron chi connectivity index (χ0n) is 7.98. The van der Waals surface area contributed by atoms with Crippen LogP contribution in [0.2, 0.25) is 0 Å². The molecule has 0 aliphatic rings. The molecule has 0 bridgehead atoms. The van der Waals surface area contributed by atoms with Gasteiger partial charge in [0.15, 0.2) is 5.65 Å². The van der Waals surface area contributed by atoms with Gasteiger partial charge in [-0.25, -0.2) is 4.98 Å². The van der Waals surface area contributed by atoms with E-state index >= 15 is 0 Å². The third-order valence-corrected chi connectivity index (χ3v) is 2.09. The molecule has 2 rings (SSSR count). The summed E-state index contributed by atoms with van der Waals surface area (Å²) in [4.78, 5) is 14.4. The van der Waals surface area contributed by atoms with E-state index in [9.17, 15) is 4.79 Å². The molecule has 1 N–H and O–H groups in total. The maximum Gasteiger partial charge on any atom is 0.211 e. The Kier molecular flexibility index (Phi) is 1.92. The first kappa shape index (κ1) is 8.68. The Morgan fingerprint density at radius 3 is 3.07 bits per heavy atom. The number of nitrogens with zero attached hydrogens (tertiary/aromatic N) is 3. The first-order valence-electron chi connectivity index (χ1n) is 4.22. The number of aryl methyl sites for hydroxylation is 2. The predicted octanol–water partition coefficient (Wildman–Crippen LogP) is 0.845. The third kappa shape index (κ3) is 1.22. The topological polar surface area (TPSA) is 59.8 Å². The second-order valence-electron chi connectivity index (χ2n) is 3.07. The van der Waals surface area contributed by atoms with Gasteiger partial charge in [-0.1, -0.05) is 0 Å². The van der Waals surface area contributed by atoms with E-state index in [0.717, 1.165) is 16.7 Å². The quantitative estimate of drug-likeness (QED) is 0.714. The monoisotopic (exact) mass is 190 g/mol. The zero-order valence-corrected chi connectivity index (χ0v) is 7.98. The lowest BCUT2D eigenvalue weighted by Crippen LogP contribution is -1.95. The number of carbonyl (C=O) groups excluding carboxylic acids is 1. The van der Waals surface area contributed by atoms with E-state index in [4.69, 9.17) is 0 Å². The number of hydrogen-bond donors (Lipinski definition) is 1. The van der Waals surface area contributed by atoms with Crippen molar-refractivity contribution in [2.45, 2.75) is 6.92 Å². The molecule has 0 saturated carbocycles. The number of amides is 1. The number of anilines is 1.